The van der Waals surface area contributed by atoms with Crippen LogP contribution in [0.3, 0.4) is 0 Å². The number of halogens is 1. The Balaban J connectivity index is 2.02. The number of nitrogens with zero attached hydrogens (tertiary/aromatic N) is 2. The van der Waals surface area contributed by atoms with Crippen molar-refractivity contribution >= 4 is 15.9 Å². The van der Waals surface area contributed by atoms with Crippen molar-refractivity contribution in [2.75, 3.05) is 6.54 Å². The molecule has 0 aromatic carbocycles. The van der Waals surface area contributed by atoms with Gasteiger partial charge >= 0.3 is 0 Å². The van der Waals surface area contributed by atoms with Crippen LogP contribution in [0.2, 0.25) is 0 Å². The van der Waals surface area contributed by atoms with E-state index in [1.807, 2.05) is 0 Å². The number of aromatic nitrogens is 2. The lowest BCUT2D eigenvalue weighted by Gasteiger charge is -1.96. The van der Waals surface area contributed by atoms with E-state index in [0.29, 0.717) is 28.8 Å². The molecule has 0 amide bonds. The minimum Gasteiger partial charge on any atom is -0.444 e. The Morgan fingerprint density at radius 1 is 1.31 bits per heavy atom. The maximum absolute atomic E-state index is 5.43. The first-order valence-corrected chi connectivity index (χ1v) is 5.87. The van der Waals surface area contributed by atoms with Crippen LogP contribution >= 0.6 is 15.9 Å². The molecular formula is C10H12BrN3O2. The van der Waals surface area contributed by atoms with Crippen molar-refractivity contribution in [2.24, 2.45) is 0 Å². The molecule has 1 N–H and O–H groups in total. The highest BCUT2D eigenvalue weighted by Crippen LogP contribution is 2.23. The van der Waals surface area contributed by atoms with Crippen LogP contribution in [0.15, 0.2) is 25.6 Å². The van der Waals surface area contributed by atoms with E-state index in [4.69, 9.17) is 8.83 Å². The first kappa shape index (κ1) is 11.3. The zero-order valence-corrected chi connectivity index (χ0v) is 10.5. The van der Waals surface area contributed by atoms with E-state index < -0.39 is 0 Å². The number of hydrogen-bond acceptors (Lipinski definition) is 5. The lowest BCUT2D eigenvalue weighted by Crippen LogP contribution is -2.13. The van der Waals surface area contributed by atoms with Crippen LogP contribution in [-0.4, -0.2) is 16.7 Å². The van der Waals surface area contributed by atoms with Gasteiger partial charge in [0.25, 0.3) is 5.89 Å². The molecule has 0 spiro atoms. The Morgan fingerprint density at radius 2 is 2.19 bits per heavy atom. The van der Waals surface area contributed by atoms with Gasteiger partial charge in [-0.15, -0.1) is 10.2 Å². The maximum atomic E-state index is 5.43. The molecule has 0 unspecified atom stereocenters. The van der Waals surface area contributed by atoms with Crippen LogP contribution in [0.4, 0.5) is 0 Å². The predicted octanol–water partition coefficient (Wildman–Crippen LogP) is 2.59. The number of nitrogens with one attached hydrogen (secondary N) is 1. The molecule has 2 heterocycles. The van der Waals surface area contributed by atoms with Gasteiger partial charge in [-0.2, -0.15) is 0 Å². The molecule has 0 saturated heterocycles. The molecular weight excluding hydrogens is 274 g/mol. The molecule has 0 atom stereocenters. The van der Waals surface area contributed by atoms with Gasteiger partial charge in [-0.05, 0) is 41.0 Å². The summed E-state index contributed by atoms with van der Waals surface area (Å²) in [5.74, 6) is 1.54. The first-order valence-electron chi connectivity index (χ1n) is 5.08. The van der Waals surface area contributed by atoms with Crippen molar-refractivity contribution in [3.05, 3.63) is 22.7 Å². The summed E-state index contributed by atoms with van der Waals surface area (Å²) in [6, 6.07) is 3.56. The fourth-order valence-corrected chi connectivity index (χ4v) is 1.53. The van der Waals surface area contributed by atoms with E-state index in [0.717, 1.165) is 13.0 Å². The zero-order valence-electron chi connectivity index (χ0n) is 8.86. The van der Waals surface area contributed by atoms with E-state index in [1.54, 1.807) is 12.1 Å². The highest BCUT2D eigenvalue weighted by Gasteiger charge is 2.11. The summed E-state index contributed by atoms with van der Waals surface area (Å²) in [5.41, 5.74) is 0. The van der Waals surface area contributed by atoms with E-state index >= 15 is 0 Å². The minimum absolute atomic E-state index is 0.402. The zero-order chi connectivity index (χ0) is 11.4. The molecule has 0 aliphatic heterocycles. The van der Waals surface area contributed by atoms with Gasteiger partial charge in [-0.1, -0.05) is 6.92 Å². The molecule has 0 bridgehead atoms. The monoisotopic (exact) mass is 285 g/mol. The molecule has 0 aliphatic rings. The lowest BCUT2D eigenvalue weighted by atomic mass is 10.4. The van der Waals surface area contributed by atoms with Crippen LogP contribution in [-0.2, 0) is 6.54 Å². The van der Waals surface area contributed by atoms with Gasteiger partial charge in [-0.25, -0.2) is 0 Å². The average Bonchev–Trinajstić information content (AvgIpc) is 2.87. The van der Waals surface area contributed by atoms with Crippen LogP contribution in [0, 0.1) is 0 Å². The van der Waals surface area contributed by atoms with Gasteiger partial charge in [0.05, 0.1) is 6.54 Å². The van der Waals surface area contributed by atoms with Crippen LogP contribution in [0.1, 0.15) is 19.2 Å². The van der Waals surface area contributed by atoms with Crippen molar-refractivity contribution in [3.8, 4) is 11.7 Å². The van der Waals surface area contributed by atoms with E-state index in [1.165, 1.54) is 0 Å². The van der Waals surface area contributed by atoms with Gasteiger partial charge in [0.15, 0.2) is 10.4 Å². The first-order chi connectivity index (χ1) is 7.79. The fourth-order valence-electron chi connectivity index (χ4n) is 1.23. The second-order valence-electron chi connectivity index (χ2n) is 3.28. The predicted molar refractivity (Wildman–Crippen MR) is 61.7 cm³/mol. The molecule has 2 rings (SSSR count). The molecule has 0 radical (unpaired) electrons. The molecule has 0 saturated carbocycles. The summed E-state index contributed by atoms with van der Waals surface area (Å²) in [6.45, 7) is 3.62. The van der Waals surface area contributed by atoms with Crippen LogP contribution in [0.25, 0.3) is 11.7 Å². The van der Waals surface area contributed by atoms with Crippen LogP contribution in [0.5, 0.6) is 0 Å². The van der Waals surface area contributed by atoms with E-state index in [2.05, 4.69) is 38.4 Å². The summed E-state index contributed by atoms with van der Waals surface area (Å²) < 4.78 is 11.4. The Morgan fingerprint density at radius 3 is 2.88 bits per heavy atom. The lowest BCUT2D eigenvalue weighted by molar-refractivity contribution is 0.457. The standard InChI is InChI=1S/C10H12BrN3O2/c1-2-5-12-6-9-13-14-10(16-9)7-3-4-8(11)15-7/h3-4,12H,2,5-6H2,1H3. The summed E-state index contributed by atoms with van der Waals surface area (Å²) in [4.78, 5) is 0. The average molecular weight is 286 g/mol. The third kappa shape index (κ3) is 2.70. The molecule has 0 fully saturated rings. The summed E-state index contributed by atoms with van der Waals surface area (Å²) in [5, 5.41) is 11.0. The summed E-state index contributed by atoms with van der Waals surface area (Å²) >= 11 is 3.22. The van der Waals surface area contributed by atoms with Gasteiger partial charge in [-0.3, -0.25) is 0 Å². The number of hydrogen-bond donors (Lipinski definition) is 1. The van der Waals surface area contributed by atoms with Crippen molar-refractivity contribution in [2.45, 2.75) is 19.9 Å². The topological polar surface area (TPSA) is 64.1 Å². The quantitative estimate of drug-likeness (QED) is 0.856. The Bertz CT molecular complexity index is 452. The Labute approximate surface area is 101 Å². The Kier molecular flexibility index (Phi) is 3.74. The number of furan rings is 1. The Hall–Kier alpha value is -1.14. The molecule has 0 aliphatic carbocycles. The third-order valence-corrected chi connectivity index (χ3v) is 2.38. The van der Waals surface area contributed by atoms with Gasteiger partial charge in [0.1, 0.15) is 0 Å². The van der Waals surface area contributed by atoms with Crippen molar-refractivity contribution in [1.82, 2.24) is 15.5 Å². The molecule has 6 heteroatoms. The normalized spacial score (nSPS) is 10.9. The fraction of sp³-hybridized carbons (Fsp3) is 0.400. The molecule has 2 aromatic heterocycles. The molecule has 5 nitrogen and oxygen atoms in total. The van der Waals surface area contributed by atoms with Crippen molar-refractivity contribution in [1.29, 1.82) is 0 Å². The maximum Gasteiger partial charge on any atom is 0.283 e. The summed E-state index contributed by atoms with van der Waals surface area (Å²) in [6.07, 6.45) is 1.08. The van der Waals surface area contributed by atoms with E-state index in [-0.39, 0.29) is 0 Å². The van der Waals surface area contributed by atoms with Gasteiger partial charge in [0.2, 0.25) is 5.89 Å². The van der Waals surface area contributed by atoms with Crippen LogP contribution < -0.4 is 5.32 Å². The highest BCUT2D eigenvalue weighted by atomic mass is 79.9. The largest absolute Gasteiger partial charge is 0.444 e. The summed E-state index contributed by atoms with van der Waals surface area (Å²) in [7, 11) is 0. The van der Waals surface area contributed by atoms with Gasteiger partial charge < -0.3 is 14.2 Å². The minimum atomic E-state index is 0.402. The van der Waals surface area contributed by atoms with E-state index in [9.17, 15) is 0 Å². The second kappa shape index (κ2) is 5.27. The van der Waals surface area contributed by atoms with Crippen molar-refractivity contribution in [3.63, 3.8) is 0 Å². The van der Waals surface area contributed by atoms with Gasteiger partial charge in [0, 0.05) is 0 Å². The van der Waals surface area contributed by atoms with Crippen molar-refractivity contribution < 1.29 is 8.83 Å². The second-order valence-corrected chi connectivity index (χ2v) is 4.06. The molecule has 16 heavy (non-hydrogen) atoms. The number of rotatable bonds is 5. The smallest absolute Gasteiger partial charge is 0.283 e. The SMILES string of the molecule is CCCNCc1nnc(-c2ccc(Br)o2)o1. The molecule has 86 valence electrons. The third-order valence-electron chi connectivity index (χ3n) is 1.95. The highest BCUT2D eigenvalue weighted by molar-refractivity contribution is 9.10. The molecule has 2 aromatic rings.